The van der Waals surface area contributed by atoms with Crippen LogP contribution in [-0.2, 0) is 6.54 Å². The van der Waals surface area contributed by atoms with Crippen LogP contribution in [0.4, 0.5) is 11.4 Å². The first-order chi connectivity index (χ1) is 9.61. The molecule has 0 heterocycles. The van der Waals surface area contributed by atoms with E-state index in [9.17, 15) is 0 Å². The van der Waals surface area contributed by atoms with Crippen LogP contribution in [-0.4, -0.2) is 14.1 Å². The summed E-state index contributed by atoms with van der Waals surface area (Å²) >= 11 is 0. The molecule has 2 rings (SSSR count). The third-order valence-electron chi connectivity index (χ3n) is 3.33. The van der Waals surface area contributed by atoms with Gasteiger partial charge < -0.3 is 10.2 Å². The molecule has 3 heteroatoms. The Kier molecular flexibility index (Phi) is 4.27. The maximum absolute atomic E-state index is 8.89. The molecule has 0 fully saturated rings. The molecule has 0 spiro atoms. The van der Waals surface area contributed by atoms with Gasteiger partial charge >= 0.3 is 0 Å². The molecule has 2 aromatic rings. The van der Waals surface area contributed by atoms with Crippen LogP contribution in [0.1, 0.15) is 16.7 Å². The molecule has 1 N–H and O–H groups in total. The number of para-hydroxylation sites is 2. The number of aryl methyl sites for hydroxylation is 1. The molecule has 0 amide bonds. The third kappa shape index (κ3) is 3.10. The molecule has 0 aliphatic rings. The van der Waals surface area contributed by atoms with E-state index < -0.39 is 0 Å². The van der Waals surface area contributed by atoms with E-state index in [0.29, 0.717) is 5.56 Å². The summed E-state index contributed by atoms with van der Waals surface area (Å²) in [6.45, 7) is 2.79. The Balaban J connectivity index is 2.15. The molecule has 0 saturated carbocycles. The molecule has 20 heavy (non-hydrogen) atoms. The van der Waals surface area contributed by atoms with Crippen LogP contribution in [0.2, 0.25) is 0 Å². The van der Waals surface area contributed by atoms with Crippen molar-refractivity contribution in [2.45, 2.75) is 13.5 Å². The molecule has 0 aromatic heterocycles. The molecular weight excluding hydrogens is 246 g/mol. The average molecular weight is 265 g/mol. The third-order valence-corrected chi connectivity index (χ3v) is 3.33. The van der Waals surface area contributed by atoms with Crippen LogP contribution in [0, 0.1) is 18.3 Å². The number of nitriles is 1. The molecule has 3 nitrogen and oxygen atoms in total. The normalized spacial score (nSPS) is 9.90. The summed E-state index contributed by atoms with van der Waals surface area (Å²) in [5.41, 5.74) is 5.33. The second-order valence-corrected chi connectivity index (χ2v) is 5.02. The van der Waals surface area contributed by atoms with E-state index in [4.69, 9.17) is 5.26 Å². The molecule has 0 saturated heterocycles. The van der Waals surface area contributed by atoms with Gasteiger partial charge in [0.25, 0.3) is 0 Å². The number of nitrogens with zero attached hydrogens (tertiary/aromatic N) is 2. The summed E-state index contributed by atoms with van der Waals surface area (Å²) in [4.78, 5) is 2.09. The Labute approximate surface area is 120 Å². The van der Waals surface area contributed by atoms with Gasteiger partial charge in [0.2, 0.25) is 0 Å². The highest BCUT2D eigenvalue weighted by molar-refractivity contribution is 5.69. The van der Waals surface area contributed by atoms with E-state index in [-0.39, 0.29) is 0 Å². The van der Waals surface area contributed by atoms with Gasteiger partial charge in [-0.2, -0.15) is 5.26 Å². The average Bonchev–Trinajstić information content (AvgIpc) is 2.46. The Hall–Kier alpha value is -2.47. The van der Waals surface area contributed by atoms with Crippen molar-refractivity contribution < 1.29 is 0 Å². The Bertz CT molecular complexity index is 639. The lowest BCUT2D eigenvalue weighted by atomic mass is 10.1. The SMILES string of the molecule is Cc1cc(C#N)ccc1CNc1ccccc1N(C)C. The highest BCUT2D eigenvalue weighted by atomic mass is 15.1. The highest BCUT2D eigenvalue weighted by Gasteiger charge is 2.04. The summed E-state index contributed by atoms with van der Waals surface area (Å²) in [6.07, 6.45) is 0. The van der Waals surface area contributed by atoms with Gasteiger partial charge in [-0.15, -0.1) is 0 Å². The first-order valence-electron chi connectivity index (χ1n) is 6.61. The van der Waals surface area contributed by atoms with Crippen molar-refractivity contribution in [2.24, 2.45) is 0 Å². The fourth-order valence-corrected chi connectivity index (χ4v) is 2.17. The number of nitrogens with one attached hydrogen (secondary N) is 1. The number of hydrogen-bond donors (Lipinski definition) is 1. The number of benzene rings is 2. The zero-order chi connectivity index (χ0) is 14.5. The zero-order valence-electron chi connectivity index (χ0n) is 12.1. The molecule has 0 radical (unpaired) electrons. The Morgan fingerprint density at radius 1 is 1.15 bits per heavy atom. The number of hydrogen-bond acceptors (Lipinski definition) is 3. The lowest BCUT2D eigenvalue weighted by molar-refractivity contribution is 1.09. The largest absolute Gasteiger partial charge is 0.379 e. The van der Waals surface area contributed by atoms with Crippen LogP contribution in [0.15, 0.2) is 42.5 Å². The fraction of sp³-hybridized carbons (Fsp3) is 0.235. The Morgan fingerprint density at radius 2 is 1.90 bits per heavy atom. The number of anilines is 2. The van der Waals surface area contributed by atoms with Gasteiger partial charge in [-0.05, 0) is 42.3 Å². The van der Waals surface area contributed by atoms with Crippen molar-refractivity contribution in [1.29, 1.82) is 5.26 Å². The minimum atomic E-state index is 0.708. The zero-order valence-corrected chi connectivity index (χ0v) is 12.1. The van der Waals surface area contributed by atoms with Gasteiger partial charge in [0.1, 0.15) is 0 Å². The summed E-state index contributed by atoms with van der Waals surface area (Å²) in [6, 6.07) is 16.2. The lowest BCUT2D eigenvalue weighted by Crippen LogP contribution is -2.12. The van der Waals surface area contributed by atoms with Crippen LogP contribution in [0.25, 0.3) is 0 Å². The summed E-state index contributed by atoms with van der Waals surface area (Å²) in [7, 11) is 4.07. The highest BCUT2D eigenvalue weighted by Crippen LogP contribution is 2.24. The van der Waals surface area contributed by atoms with Crippen molar-refractivity contribution in [3.8, 4) is 6.07 Å². The molecule has 0 atom stereocenters. The molecule has 0 unspecified atom stereocenters. The quantitative estimate of drug-likeness (QED) is 0.919. The van der Waals surface area contributed by atoms with E-state index >= 15 is 0 Å². The summed E-state index contributed by atoms with van der Waals surface area (Å²) in [5, 5.41) is 12.4. The van der Waals surface area contributed by atoms with E-state index in [1.54, 1.807) is 0 Å². The van der Waals surface area contributed by atoms with Gasteiger partial charge in [0.15, 0.2) is 0 Å². The Morgan fingerprint density at radius 3 is 2.55 bits per heavy atom. The van der Waals surface area contributed by atoms with Crippen molar-refractivity contribution in [2.75, 3.05) is 24.3 Å². The maximum Gasteiger partial charge on any atom is 0.0991 e. The van der Waals surface area contributed by atoms with Crippen LogP contribution >= 0.6 is 0 Å². The smallest absolute Gasteiger partial charge is 0.0991 e. The van der Waals surface area contributed by atoms with Crippen molar-refractivity contribution in [3.05, 3.63) is 59.2 Å². The van der Waals surface area contributed by atoms with Crippen LogP contribution < -0.4 is 10.2 Å². The summed E-state index contributed by atoms with van der Waals surface area (Å²) in [5.74, 6) is 0. The molecule has 2 aromatic carbocycles. The van der Waals surface area contributed by atoms with Crippen molar-refractivity contribution in [1.82, 2.24) is 0 Å². The number of rotatable bonds is 4. The van der Waals surface area contributed by atoms with Gasteiger partial charge in [-0.1, -0.05) is 18.2 Å². The topological polar surface area (TPSA) is 39.1 Å². The molecule has 102 valence electrons. The molecule has 0 aliphatic heterocycles. The monoisotopic (exact) mass is 265 g/mol. The maximum atomic E-state index is 8.89. The second kappa shape index (κ2) is 6.12. The van der Waals surface area contributed by atoms with E-state index in [2.05, 4.69) is 28.4 Å². The van der Waals surface area contributed by atoms with Crippen LogP contribution in [0.3, 0.4) is 0 Å². The fourth-order valence-electron chi connectivity index (χ4n) is 2.17. The van der Waals surface area contributed by atoms with Crippen molar-refractivity contribution >= 4 is 11.4 Å². The molecule has 0 aliphatic carbocycles. The van der Waals surface area contributed by atoms with Gasteiger partial charge in [0, 0.05) is 20.6 Å². The van der Waals surface area contributed by atoms with Gasteiger partial charge in [-0.25, -0.2) is 0 Å². The van der Waals surface area contributed by atoms with Crippen molar-refractivity contribution in [3.63, 3.8) is 0 Å². The lowest BCUT2D eigenvalue weighted by Gasteiger charge is -2.18. The second-order valence-electron chi connectivity index (χ2n) is 5.02. The minimum Gasteiger partial charge on any atom is -0.379 e. The summed E-state index contributed by atoms with van der Waals surface area (Å²) < 4.78 is 0. The predicted molar refractivity (Wildman–Crippen MR) is 84.0 cm³/mol. The first kappa shape index (κ1) is 14.0. The van der Waals surface area contributed by atoms with E-state index in [1.807, 2.05) is 51.4 Å². The molecular formula is C17H19N3. The van der Waals surface area contributed by atoms with E-state index in [1.165, 1.54) is 11.3 Å². The van der Waals surface area contributed by atoms with E-state index in [0.717, 1.165) is 17.8 Å². The van der Waals surface area contributed by atoms with Gasteiger partial charge in [-0.3, -0.25) is 0 Å². The van der Waals surface area contributed by atoms with Gasteiger partial charge in [0.05, 0.1) is 23.0 Å². The molecule has 0 bridgehead atoms. The predicted octanol–water partition coefficient (Wildman–Crippen LogP) is 3.54. The first-order valence-corrected chi connectivity index (χ1v) is 6.61. The minimum absolute atomic E-state index is 0.708. The van der Waals surface area contributed by atoms with Crippen LogP contribution in [0.5, 0.6) is 0 Å². The standard InChI is InChI=1S/C17H19N3/c1-13-10-14(11-18)8-9-15(13)12-19-16-6-4-5-7-17(16)20(2)3/h4-10,19H,12H2,1-3H3.